The molecule has 108 valence electrons. The lowest BCUT2D eigenvalue weighted by molar-refractivity contribution is -0.115. The van der Waals surface area contributed by atoms with Crippen LogP contribution in [0.25, 0.3) is 0 Å². The van der Waals surface area contributed by atoms with Gasteiger partial charge in [-0.1, -0.05) is 18.2 Å². The third kappa shape index (κ3) is 3.95. The number of hydrogen-bond donors (Lipinski definition) is 1. The van der Waals surface area contributed by atoms with Gasteiger partial charge in [-0.25, -0.2) is 8.78 Å². The van der Waals surface area contributed by atoms with Crippen LogP contribution in [0.3, 0.4) is 0 Å². The van der Waals surface area contributed by atoms with E-state index in [9.17, 15) is 18.4 Å². The first-order valence-electron chi connectivity index (χ1n) is 6.30. The number of rotatable bonds is 4. The van der Waals surface area contributed by atoms with E-state index < -0.39 is 17.5 Å². The highest BCUT2D eigenvalue weighted by molar-refractivity contribution is 5.97. The molecule has 2 rings (SSSR count). The predicted octanol–water partition coefficient (Wildman–Crippen LogP) is 3.35. The maximum Gasteiger partial charge on any atom is 0.228 e. The zero-order chi connectivity index (χ0) is 15.4. The van der Waals surface area contributed by atoms with Crippen molar-refractivity contribution in [3.8, 4) is 0 Å². The van der Waals surface area contributed by atoms with Crippen molar-refractivity contribution in [2.75, 3.05) is 5.32 Å². The minimum atomic E-state index is -0.761. The first-order valence-corrected chi connectivity index (χ1v) is 6.30. The normalized spacial score (nSPS) is 10.2. The molecule has 1 amide bonds. The van der Waals surface area contributed by atoms with E-state index in [1.54, 1.807) is 24.3 Å². The minimum Gasteiger partial charge on any atom is -0.326 e. The summed E-state index contributed by atoms with van der Waals surface area (Å²) in [5.74, 6) is -2.01. The van der Waals surface area contributed by atoms with Gasteiger partial charge in [0.2, 0.25) is 5.91 Å². The standard InChI is InChI=1S/C16H13F2NO2/c1-10(20)11-3-2-4-14(7-11)19-16(21)8-12-5-6-13(17)9-15(12)18/h2-7,9H,8H2,1H3,(H,19,21). The summed E-state index contributed by atoms with van der Waals surface area (Å²) >= 11 is 0. The lowest BCUT2D eigenvalue weighted by atomic mass is 10.1. The summed E-state index contributed by atoms with van der Waals surface area (Å²) in [6.07, 6.45) is -0.212. The fourth-order valence-corrected chi connectivity index (χ4v) is 1.86. The van der Waals surface area contributed by atoms with Gasteiger partial charge in [0.05, 0.1) is 6.42 Å². The zero-order valence-electron chi connectivity index (χ0n) is 11.3. The van der Waals surface area contributed by atoms with Gasteiger partial charge >= 0.3 is 0 Å². The van der Waals surface area contributed by atoms with Crippen molar-refractivity contribution in [3.05, 3.63) is 65.2 Å². The molecule has 0 spiro atoms. The number of halogens is 2. The summed E-state index contributed by atoms with van der Waals surface area (Å²) in [7, 11) is 0. The topological polar surface area (TPSA) is 46.2 Å². The third-order valence-corrected chi connectivity index (χ3v) is 2.92. The average Bonchev–Trinajstić information content (AvgIpc) is 2.42. The van der Waals surface area contributed by atoms with Crippen molar-refractivity contribution in [1.29, 1.82) is 0 Å². The summed E-state index contributed by atoms with van der Waals surface area (Å²) in [5, 5.41) is 2.58. The van der Waals surface area contributed by atoms with Crippen molar-refractivity contribution >= 4 is 17.4 Å². The molecule has 3 nitrogen and oxygen atoms in total. The number of amides is 1. The Morgan fingerprint density at radius 2 is 1.86 bits per heavy atom. The van der Waals surface area contributed by atoms with Crippen LogP contribution in [-0.2, 0) is 11.2 Å². The summed E-state index contributed by atoms with van der Waals surface area (Å²) in [6.45, 7) is 1.43. The van der Waals surface area contributed by atoms with E-state index in [2.05, 4.69) is 5.32 Å². The third-order valence-electron chi connectivity index (χ3n) is 2.92. The Labute approximate surface area is 120 Å². The smallest absolute Gasteiger partial charge is 0.228 e. The Morgan fingerprint density at radius 1 is 1.10 bits per heavy atom. The Hall–Kier alpha value is -2.56. The molecule has 5 heteroatoms. The van der Waals surface area contributed by atoms with Gasteiger partial charge in [-0.2, -0.15) is 0 Å². The van der Waals surface area contributed by atoms with Gasteiger partial charge in [-0.05, 0) is 30.7 Å². The molecule has 0 saturated carbocycles. The first-order chi connectivity index (χ1) is 9.95. The van der Waals surface area contributed by atoms with E-state index in [1.165, 1.54) is 13.0 Å². The van der Waals surface area contributed by atoms with Crippen molar-refractivity contribution in [2.45, 2.75) is 13.3 Å². The molecule has 0 atom stereocenters. The van der Waals surface area contributed by atoms with Crippen LogP contribution >= 0.6 is 0 Å². The molecular weight excluding hydrogens is 276 g/mol. The quantitative estimate of drug-likeness (QED) is 0.877. The van der Waals surface area contributed by atoms with E-state index in [4.69, 9.17) is 0 Å². The van der Waals surface area contributed by atoms with Crippen LogP contribution in [0.4, 0.5) is 14.5 Å². The van der Waals surface area contributed by atoms with Gasteiger partial charge in [-0.15, -0.1) is 0 Å². The van der Waals surface area contributed by atoms with Crippen LogP contribution < -0.4 is 5.32 Å². The number of benzene rings is 2. The van der Waals surface area contributed by atoms with E-state index in [-0.39, 0.29) is 17.8 Å². The molecule has 2 aromatic rings. The number of hydrogen-bond acceptors (Lipinski definition) is 2. The van der Waals surface area contributed by atoms with Crippen LogP contribution in [0.5, 0.6) is 0 Å². The largest absolute Gasteiger partial charge is 0.326 e. The Bertz CT molecular complexity index is 698. The second kappa shape index (κ2) is 6.26. The van der Waals surface area contributed by atoms with Crippen LogP contribution in [0.1, 0.15) is 22.8 Å². The number of anilines is 1. The molecule has 0 aliphatic carbocycles. The molecular formula is C16H13F2NO2. The number of carbonyl (C=O) groups is 2. The molecule has 0 bridgehead atoms. The summed E-state index contributed by atoms with van der Waals surface area (Å²) in [5.41, 5.74) is 1.03. The highest BCUT2D eigenvalue weighted by Gasteiger charge is 2.10. The second-order valence-electron chi connectivity index (χ2n) is 4.60. The predicted molar refractivity (Wildman–Crippen MR) is 75.1 cm³/mol. The fraction of sp³-hybridized carbons (Fsp3) is 0.125. The van der Waals surface area contributed by atoms with Gasteiger partial charge < -0.3 is 5.32 Å². The fourth-order valence-electron chi connectivity index (χ4n) is 1.86. The van der Waals surface area contributed by atoms with Gasteiger partial charge in [-0.3, -0.25) is 9.59 Å². The lowest BCUT2D eigenvalue weighted by Gasteiger charge is -2.07. The molecule has 0 aromatic heterocycles. The van der Waals surface area contributed by atoms with Crippen LogP contribution in [0, 0.1) is 11.6 Å². The molecule has 0 saturated heterocycles. The van der Waals surface area contributed by atoms with E-state index in [0.717, 1.165) is 12.1 Å². The molecule has 2 aromatic carbocycles. The Kier molecular flexibility index (Phi) is 4.42. The van der Waals surface area contributed by atoms with Crippen molar-refractivity contribution in [3.63, 3.8) is 0 Å². The first kappa shape index (κ1) is 14.8. The maximum absolute atomic E-state index is 13.5. The van der Waals surface area contributed by atoms with Crippen molar-refractivity contribution in [1.82, 2.24) is 0 Å². The minimum absolute atomic E-state index is 0.108. The summed E-state index contributed by atoms with van der Waals surface area (Å²) < 4.78 is 26.2. The Balaban J connectivity index is 2.08. The van der Waals surface area contributed by atoms with Crippen LogP contribution in [-0.4, -0.2) is 11.7 Å². The number of Topliss-reactive ketones (excluding diaryl/α,β-unsaturated/α-hetero) is 1. The maximum atomic E-state index is 13.5. The van der Waals surface area contributed by atoms with Gasteiger partial charge in [0.1, 0.15) is 11.6 Å². The number of nitrogens with one attached hydrogen (secondary N) is 1. The zero-order valence-corrected chi connectivity index (χ0v) is 11.3. The molecule has 0 unspecified atom stereocenters. The Morgan fingerprint density at radius 3 is 2.52 bits per heavy atom. The lowest BCUT2D eigenvalue weighted by Crippen LogP contribution is -2.15. The molecule has 0 fully saturated rings. The number of ketones is 1. The highest BCUT2D eigenvalue weighted by Crippen LogP contribution is 2.14. The van der Waals surface area contributed by atoms with Crippen LogP contribution in [0.2, 0.25) is 0 Å². The average molecular weight is 289 g/mol. The van der Waals surface area contributed by atoms with Crippen LogP contribution in [0.15, 0.2) is 42.5 Å². The van der Waals surface area contributed by atoms with E-state index in [1.807, 2.05) is 0 Å². The van der Waals surface area contributed by atoms with Crippen molar-refractivity contribution in [2.24, 2.45) is 0 Å². The molecule has 0 aliphatic rings. The summed E-state index contributed by atoms with van der Waals surface area (Å²) in [4.78, 5) is 23.1. The highest BCUT2D eigenvalue weighted by atomic mass is 19.1. The molecule has 1 N–H and O–H groups in total. The molecule has 0 radical (unpaired) electrons. The SMILES string of the molecule is CC(=O)c1cccc(NC(=O)Cc2ccc(F)cc2F)c1. The molecule has 0 aliphatic heterocycles. The molecule has 0 heterocycles. The van der Waals surface area contributed by atoms with Gasteiger partial charge in [0, 0.05) is 17.3 Å². The second-order valence-corrected chi connectivity index (χ2v) is 4.60. The molecule has 21 heavy (non-hydrogen) atoms. The van der Waals surface area contributed by atoms with Gasteiger partial charge in [0.25, 0.3) is 0 Å². The monoisotopic (exact) mass is 289 g/mol. The summed E-state index contributed by atoms with van der Waals surface area (Å²) in [6, 6.07) is 9.52. The van der Waals surface area contributed by atoms with Gasteiger partial charge in [0.15, 0.2) is 5.78 Å². The number of carbonyl (C=O) groups excluding carboxylic acids is 2. The van der Waals surface area contributed by atoms with Crippen molar-refractivity contribution < 1.29 is 18.4 Å². The van der Waals surface area contributed by atoms with E-state index >= 15 is 0 Å². The van der Waals surface area contributed by atoms with E-state index in [0.29, 0.717) is 11.3 Å².